The first kappa shape index (κ1) is 14.3. The Labute approximate surface area is 114 Å². The molecule has 2 heterocycles. The largest absolute Gasteiger partial charge is 0.396 e. The number of anilines is 1. The maximum absolute atomic E-state index is 8.77. The summed E-state index contributed by atoms with van der Waals surface area (Å²) < 4.78 is 0. The fraction of sp³-hybridized carbons (Fsp3) is 0.846. The van der Waals surface area contributed by atoms with Gasteiger partial charge in [0.25, 0.3) is 0 Å². The monoisotopic (exact) mass is 267 g/mol. The molecule has 6 heteroatoms. The van der Waals surface area contributed by atoms with Gasteiger partial charge in [0.1, 0.15) is 5.82 Å². The lowest BCUT2D eigenvalue weighted by Gasteiger charge is -2.39. The first-order chi connectivity index (χ1) is 9.17. The lowest BCUT2D eigenvalue weighted by molar-refractivity contribution is 0.270. The normalized spacial score (nSPS) is 23.8. The van der Waals surface area contributed by atoms with Gasteiger partial charge in [-0.1, -0.05) is 6.92 Å². The van der Waals surface area contributed by atoms with Gasteiger partial charge in [-0.25, -0.2) is 0 Å². The van der Waals surface area contributed by atoms with E-state index in [4.69, 9.17) is 10.8 Å². The van der Waals surface area contributed by atoms with E-state index in [0.717, 1.165) is 50.5 Å². The Hall–Kier alpha value is -1.14. The zero-order valence-corrected chi connectivity index (χ0v) is 11.7. The minimum Gasteiger partial charge on any atom is -0.396 e. The van der Waals surface area contributed by atoms with Crippen molar-refractivity contribution in [1.82, 2.24) is 15.2 Å². The van der Waals surface area contributed by atoms with Crippen molar-refractivity contribution < 1.29 is 5.11 Å². The highest BCUT2D eigenvalue weighted by atomic mass is 16.2. The summed E-state index contributed by atoms with van der Waals surface area (Å²) in [5.41, 5.74) is 6.04. The number of nitrogens with two attached hydrogens (primary N) is 1. The molecular formula is C13H25N5O. The Morgan fingerprint density at radius 2 is 2.32 bits per heavy atom. The van der Waals surface area contributed by atoms with E-state index < -0.39 is 0 Å². The van der Waals surface area contributed by atoms with E-state index in [1.165, 1.54) is 6.42 Å². The average Bonchev–Trinajstić information content (AvgIpc) is 2.88. The number of nitrogens with zero attached hydrogens (tertiary/aromatic N) is 3. The molecule has 1 aliphatic heterocycles. The number of aryl methyl sites for hydroxylation is 1. The molecule has 0 aliphatic carbocycles. The van der Waals surface area contributed by atoms with Gasteiger partial charge in [-0.2, -0.15) is 4.98 Å². The highest BCUT2D eigenvalue weighted by Gasteiger charge is 2.31. The summed E-state index contributed by atoms with van der Waals surface area (Å²) in [6.07, 6.45) is 4.90. The van der Waals surface area contributed by atoms with E-state index in [2.05, 4.69) is 27.0 Å². The van der Waals surface area contributed by atoms with Crippen LogP contribution >= 0.6 is 0 Å². The van der Waals surface area contributed by atoms with Crippen molar-refractivity contribution in [3.63, 3.8) is 0 Å². The molecule has 6 nitrogen and oxygen atoms in total. The number of aliphatic hydroxyl groups excluding tert-OH is 1. The second kappa shape index (κ2) is 6.34. The second-order valence-corrected chi connectivity index (χ2v) is 5.80. The second-order valence-electron chi connectivity index (χ2n) is 5.80. The van der Waals surface area contributed by atoms with E-state index in [1.54, 1.807) is 0 Å². The van der Waals surface area contributed by atoms with Crippen LogP contribution in [0.4, 0.5) is 5.95 Å². The fourth-order valence-corrected chi connectivity index (χ4v) is 2.60. The van der Waals surface area contributed by atoms with Crippen LogP contribution in [0.5, 0.6) is 0 Å². The van der Waals surface area contributed by atoms with Gasteiger partial charge in [0.15, 0.2) is 0 Å². The van der Waals surface area contributed by atoms with Crippen LogP contribution in [0.25, 0.3) is 0 Å². The Balaban J connectivity index is 1.94. The molecule has 2 rings (SSSR count). The molecule has 0 amide bonds. The molecule has 1 aromatic rings. The number of aliphatic hydroxyl groups is 1. The quantitative estimate of drug-likeness (QED) is 0.659. The number of hydrogen-bond donors (Lipinski definition) is 3. The Bertz CT molecular complexity index is 394. The molecule has 19 heavy (non-hydrogen) atoms. The minimum absolute atomic E-state index is 0.177. The van der Waals surface area contributed by atoms with Crippen molar-refractivity contribution in [3.8, 4) is 0 Å². The summed E-state index contributed by atoms with van der Waals surface area (Å²) in [6.45, 7) is 5.11. The van der Waals surface area contributed by atoms with Crippen molar-refractivity contribution >= 4 is 5.95 Å². The van der Waals surface area contributed by atoms with Crippen molar-refractivity contribution in [1.29, 1.82) is 0 Å². The molecule has 0 aromatic carbocycles. The number of hydrogen-bond acceptors (Lipinski definition) is 5. The van der Waals surface area contributed by atoms with Gasteiger partial charge in [-0.15, -0.1) is 5.10 Å². The van der Waals surface area contributed by atoms with Crippen molar-refractivity contribution in [2.24, 2.45) is 11.1 Å². The molecule has 1 saturated heterocycles. The maximum atomic E-state index is 8.77. The van der Waals surface area contributed by atoms with Crippen LogP contribution in [0.15, 0.2) is 0 Å². The lowest BCUT2D eigenvalue weighted by atomic mass is 9.82. The average molecular weight is 267 g/mol. The van der Waals surface area contributed by atoms with Crippen LogP contribution in [-0.4, -0.2) is 46.5 Å². The molecule has 0 bridgehead atoms. The summed E-state index contributed by atoms with van der Waals surface area (Å²) in [7, 11) is 0. The van der Waals surface area contributed by atoms with Crippen LogP contribution in [0, 0.1) is 5.41 Å². The molecule has 1 aliphatic rings. The lowest BCUT2D eigenvalue weighted by Crippen LogP contribution is -2.46. The fourth-order valence-electron chi connectivity index (χ4n) is 2.60. The maximum Gasteiger partial charge on any atom is 0.244 e. The third kappa shape index (κ3) is 3.67. The van der Waals surface area contributed by atoms with Crippen molar-refractivity contribution in [3.05, 3.63) is 5.82 Å². The molecule has 1 fully saturated rings. The van der Waals surface area contributed by atoms with Gasteiger partial charge in [-0.3, -0.25) is 5.10 Å². The summed E-state index contributed by atoms with van der Waals surface area (Å²) in [5, 5.41) is 16.1. The minimum atomic E-state index is 0.177. The summed E-state index contributed by atoms with van der Waals surface area (Å²) in [6, 6.07) is 0. The Morgan fingerprint density at radius 3 is 3.05 bits per heavy atom. The number of unbranched alkanes of at least 4 members (excludes halogenated alkanes) is 1. The van der Waals surface area contributed by atoms with Gasteiger partial charge in [-0.05, 0) is 37.6 Å². The highest BCUT2D eigenvalue weighted by molar-refractivity contribution is 5.30. The van der Waals surface area contributed by atoms with Gasteiger partial charge >= 0.3 is 0 Å². The topological polar surface area (TPSA) is 91.1 Å². The number of aromatic nitrogens is 3. The molecule has 1 unspecified atom stereocenters. The van der Waals surface area contributed by atoms with Gasteiger partial charge < -0.3 is 15.7 Å². The number of H-pyrrole nitrogens is 1. The molecule has 108 valence electrons. The summed E-state index contributed by atoms with van der Waals surface area (Å²) >= 11 is 0. The molecule has 1 atom stereocenters. The van der Waals surface area contributed by atoms with Gasteiger partial charge in [0.05, 0.1) is 0 Å². The number of aromatic amines is 1. The summed E-state index contributed by atoms with van der Waals surface area (Å²) in [4.78, 5) is 6.77. The van der Waals surface area contributed by atoms with Gasteiger partial charge in [0, 0.05) is 26.1 Å². The highest BCUT2D eigenvalue weighted by Crippen LogP contribution is 2.29. The number of nitrogens with one attached hydrogen (secondary N) is 1. The smallest absolute Gasteiger partial charge is 0.244 e. The van der Waals surface area contributed by atoms with E-state index in [0.29, 0.717) is 6.54 Å². The third-order valence-corrected chi connectivity index (χ3v) is 3.90. The first-order valence-corrected chi connectivity index (χ1v) is 7.14. The molecular weight excluding hydrogens is 242 g/mol. The predicted molar refractivity (Wildman–Crippen MR) is 75.0 cm³/mol. The zero-order valence-electron chi connectivity index (χ0n) is 11.7. The standard InChI is InChI=1S/C13H25N5O/c1-13(9-14)6-4-7-18(10-13)12-15-11(16-17-12)5-2-3-8-19/h19H,2-10,14H2,1H3,(H,15,16,17). The van der Waals surface area contributed by atoms with E-state index in [1.807, 2.05) is 0 Å². The van der Waals surface area contributed by atoms with Gasteiger partial charge in [0.2, 0.25) is 5.95 Å². The zero-order chi connectivity index (χ0) is 13.7. The Morgan fingerprint density at radius 1 is 1.47 bits per heavy atom. The Kier molecular flexibility index (Phi) is 4.76. The van der Waals surface area contributed by atoms with Crippen molar-refractivity contribution in [2.45, 2.75) is 39.0 Å². The van der Waals surface area contributed by atoms with E-state index >= 15 is 0 Å². The number of rotatable bonds is 6. The number of piperidine rings is 1. The molecule has 4 N–H and O–H groups in total. The van der Waals surface area contributed by atoms with Crippen LogP contribution in [0.2, 0.25) is 0 Å². The molecule has 0 radical (unpaired) electrons. The van der Waals surface area contributed by atoms with Crippen LogP contribution < -0.4 is 10.6 Å². The summed E-state index contributed by atoms with van der Waals surface area (Å²) in [5.74, 6) is 1.70. The van der Waals surface area contributed by atoms with E-state index in [-0.39, 0.29) is 12.0 Å². The third-order valence-electron chi connectivity index (χ3n) is 3.90. The predicted octanol–water partition coefficient (Wildman–Crippen LogP) is 0.685. The molecule has 0 spiro atoms. The molecule has 1 aromatic heterocycles. The van der Waals surface area contributed by atoms with Crippen molar-refractivity contribution in [2.75, 3.05) is 31.1 Å². The molecule has 0 saturated carbocycles. The first-order valence-electron chi connectivity index (χ1n) is 7.14. The van der Waals surface area contributed by atoms with E-state index in [9.17, 15) is 0 Å². The van der Waals surface area contributed by atoms with Crippen LogP contribution in [0.1, 0.15) is 38.4 Å². The van der Waals surface area contributed by atoms with Crippen LogP contribution in [-0.2, 0) is 6.42 Å². The van der Waals surface area contributed by atoms with Crippen LogP contribution in [0.3, 0.4) is 0 Å². The SMILES string of the molecule is CC1(CN)CCCN(c2n[nH]c(CCCCO)n2)C1.